The molecule has 2 atom stereocenters. The monoisotopic (exact) mass is 429 g/mol. The van der Waals surface area contributed by atoms with Crippen LogP contribution in [0.5, 0.6) is 0 Å². The van der Waals surface area contributed by atoms with E-state index in [0.717, 1.165) is 48.6 Å². The molecule has 7 nitrogen and oxygen atoms in total. The molecule has 0 aliphatic carbocycles. The first-order valence-corrected chi connectivity index (χ1v) is 11.2. The van der Waals surface area contributed by atoms with Crippen molar-refractivity contribution >= 4 is 33.7 Å². The van der Waals surface area contributed by atoms with E-state index in [4.69, 9.17) is 4.74 Å². The molecule has 4 heterocycles. The third kappa shape index (κ3) is 3.84. The Kier molecular flexibility index (Phi) is 5.49. The van der Waals surface area contributed by atoms with Gasteiger partial charge in [0.25, 0.3) is 0 Å². The number of piperidine rings is 1. The van der Waals surface area contributed by atoms with Gasteiger partial charge in [-0.15, -0.1) is 11.3 Å². The van der Waals surface area contributed by atoms with Gasteiger partial charge in [-0.3, -0.25) is 0 Å². The summed E-state index contributed by atoms with van der Waals surface area (Å²) in [5.41, 5.74) is 1.62. The number of aromatic nitrogens is 3. The van der Waals surface area contributed by atoms with Gasteiger partial charge in [0, 0.05) is 54.7 Å². The van der Waals surface area contributed by atoms with E-state index in [1.165, 1.54) is 11.3 Å². The molecule has 2 aromatic heterocycles. The number of aliphatic hydroxyl groups excluding tert-OH is 1. The van der Waals surface area contributed by atoms with Crippen molar-refractivity contribution < 1.29 is 14.2 Å². The van der Waals surface area contributed by atoms with Crippen LogP contribution in [0.3, 0.4) is 0 Å². The number of hydrogen-bond acceptors (Lipinski definition) is 8. The summed E-state index contributed by atoms with van der Waals surface area (Å²) in [7, 11) is 0. The topological polar surface area (TPSA) is 74.6 Å². The first-order chi connectivity index (χ1) is 14.7. The smallest absolute Gasteiger partial charge is 0.311 e. The Balaban J connectivity index is 1.44. The number of aliphatic hydroxyl groups is 1. The molecule has 2 aliphatic heterocycles. The zero-order valence-corrected chi connectivity index (χ0v) is 17.4. The van der Waals surface area contributed by atoms with Crippen molar-refractivity contribution in [3.63, 3.8) is 0 Å². The van der Waals surface area contributed by atoms with E-state index in [9.17, 15) is 9.50 Å². The molecule has 5 rings (SSSR count). The van der Waals surface area contributed by atoms with Gasteiger partial charge in [0.05, 0.1) is 18.7 Å². The maximum Gasteiger partial charge on any atom is 0.311 e. The number of benzene rings is 1. The molecule has 0 radical (unpaired) electrons. The molecular weight excluding hydrogens is 405 g/mol. The Morgan fingerprint density at radius 2 is 2.03 bits per heavy atom. The number of fused-ring (bicyclic) bond motifs is 1. The van der Waals surface area contributed by atoms with Crippen LogP contribution in [0.25, 0.3) is 10.9 Å². The van der Waals surface area contributed by atoms with Crippen molar-refractivity contribution in [3.8, 4) is 0 Å². The minimum absolute atomic E-state index is 0.0330. The largest absolute Gasteiger partial charge is 0.386 e. The first kappa shape index (κ1) is 19.6. The molecule has 2 unspecified atom stereocenters. The average molecular weight is 430 g/mol. The van der Waals surface area contributed by atoms with Gasteiger partial charge < -0.3 is 19.6 Å². The van der Waals surface area contributed by atoms with Crippen LogP contribution in [-0.4, -0.2) is 59.5 Å². The third-order valence-electron chi connectivity index (χ3n) is 5.92. The highest BCUT2D eigenvalue weighted by molar-refractivity contribution is 7.09. The lowest BCUT2D eigenvalue weighted by Crippen LogP contribution is -2.38. The van der Waals surface area contributed by atoms with Crippen molar-refractivity contribution in [2.24, 2.45) is 5.92 Å². The van der Waals surface area contributed by atoms with Gasteiger partial charge >= 0.3 is 6.08 Å². The molecule has 0 saturated carbocycles. The van der Waals surface area contributed by atoms with Gasteiger partial charge in [0.2, 0.25) is 0 Å². The van der Waals surface area contributed by atoms with E-state index in [2.05, 4.69) is 24.8 Å². The Morgan fingerprint density at radius 1 is 1.17 bits per heavy atom. The molecule has 0 amide bonds. The van der Waals surface area contributed by atoms with Crippen molar-refractivity contribution in [1.82, 2.24) is 15.0 Å². The lowest BCUT2D eigenvalue weighted by molar-refractivity contribution is 0.0977. The number of hydrogen-bond donors (Lipinski definition) is 1. The third-order valence-corrected chi connectivity index (χ3v) is 6.76. The maximum atomic E-state index is 14.4. The summed E-state index contributed by atoms with van der Waals surface area (Å²) in [6, 6.07) is 5.96. The van der Waals surface area contributed by atoms with Crippen molar-refractivity contribution in [2.45, 2.75) is 18.9 Å². The molecule has 158 valence electrons. The number of morpholine rings is 1. The van der Waals surface area contributed by atoms with E-state index in [1.807, 2.05) is 23.6 Å². The molecule has 1 N–H and O–H groups in total. The van der Waals surface area contributed by atoms with Crippen LogP contribution in [-0.2, 0) is 4.74 Å². The summed E-state index contributed by atoms with van der Waals surface area (Å²) in [5.74, 6) is 0.632. The minimum atomic E-state index is -0.723. The first-order valence-electron chi connectivity index (χ1n) is 10.3. The normalized spacial score (nSPS) is 21.2. The second-order valence-electron chi connectivity index (χ2n) is 7.78. The van der Waals surface area contributed by atoms with E-state index < -0.39 is 12.2 Å². The predicted molar refractivity (Wildman–Crippen MR) is 115 cm³/mol. The lowest BCUT2D eigenvalue weighted by atomic mass is 9.92. The molecule has 2 fully saturated rings. The zero-order chi connectivity index (χ0) is 20.5. The summed E-state index contributed by atoms with van der Waals surface area (Å²) in [6.07, 6.45) is 2.19. The Hall–Kier alpha value is -2.36. The minimum Gasteiger partial charge on any atom is -0.386 e. The molecule has 3 aromatic rings. The van der Waals surface area contributed by atoms with Crippen LogP contribution in [0.2, 0.25) is 0 Å². The van der Waals surface area contributed by atoms with Crippen LogP contribution in [0.1, 0.15) is 24.0 Å². The maximum absolute atomic E-state index is 14.4. The number of thiazole rings is 1. The number of anilines is 2. The van der Waals surface area contributed by atoms with Crippen molar-refractivity contribution in [1.29, 1.82) is 0 Å². The lowest BCUT2D eigenvalue weighted by Gasteiger charge is -2.35. The van der Waals surface area contributed by atoms with Gasteiger partial charge in [-0.05, 0) is 31.0 Å². The molecule has 0 bridgehead atoms. The second-order valence-corrected chi connectivity index (χ2v) is 8.71. The summed E-state index contributed by atoms with van der Waals surface area (Å²) >= 11 is 1.46. The van der Waals surface area contributed by atoms with Crippen LogP contribution >= 0.6 is 11.3 Å². The Morgan fingerprint density at radius 3 is 2.83 bits per heavy atom. The quantitative estimate of drug-likeness (QED) is 0.639. The number of rotatable bonds is 4. The molecule has 2 aliphatic rings. The van der Waals surface area contributed by atoms with Crippen LogP contribution in [0.4, 0.5) is 15.9 Å². The SMILES string of the molecule is OC(c1nccs1)C1CCCN(c2nc(F)nc3cc(N4CCOCC4)ccc23)C1. The molecular formula is C21H24FN5O2S. The van der Waals surface area contributed by atoms with E-state index in [-0.39, 0.29) is 5.92 Å². The fourth-order valence-electron chi connectivity index (χ4n) is 4.38. The highest BCUT2D eigenvalue weighted by Crippen LogP contribution is 2.35. The fourth-order valence-corrected chi connectivity index (χ4v) is 5.09. The van der Waals surface area contributed by atoms with Crippen LogP contribution in [0.15, 0.2) is 29.8 Å². The molecule has 30 heavy (non-hydrogen) atoms. The number of ether oxygens (including phenoxy) is 1. The van der Waals surface area contributed by atoms with Crippen LogP contribution in [0, 0.1) is 12.0 Å². The molecule has 2 saturated heterocycles. The molecule has 9 heteroatoms. The summed E-state index contributed by atoms with van der Waals surface area (Å²) < 4.78 is 19.8. The Labute approximate surface area is 178 Å². The van der Waals surface area contributed by atoms with Crippen molar-refractivity contribution in [2.75, 3.05) is 49.2 Å². The second kappa shape index (κ2) is 8.41. The Bertz CT molecular complexity index is 1010. The van der Waals surface area contributed by atoms with Gasteiger partial charge in [0.1, 0.15) is 16.9 Å². The summed E-state index contributed by atoms with van der Waals surface area (Å²) in [4.78, 5) is 16.8. The molecule has 1 aromatic carbocycles. The standard InChI is InChI=1S/C21H24FN5O2S/c22-21-24-17-12-15(26-7-9-29-10-8-26)3-4-16(17)19(25-21)27-6-1-2-14(13-27)18(28)20-23-5-11-30-20/h3-5,11-12,14,18,28H,1-2,6-10,13H2. The van der Waals surface area contributed by atoms with Gasteiger partial charge in [-0.2, -0.15) is 9.37 Å². The molecule has 0 spiro atoms. The zero-order valence-electron chi connectivity index (χ0n) is 16.6. The fraction of sp³-hybridized carbons (Fsp3) is 0.476. The van der Waals surface area contributed by atoms with Crippen molar-refractivity contribution in [3.05, 3.63) is 40.9 Å². The summed E-state index contributed by atoms with van der Waals surface area (Å²) in [6.45, 7) is 4.40. The van der Waals surface area contributed by atoms with E-state index in [0.29, 0.717) is 31.1 Å². The highest BCUT2D eigenvalue weighted by atomic mass is 32.1. The average Bonchev–Trinajstić information content (AvgIpc) is 3.33. The predicted octanol–water partition coefficient (Wildman–Crippen LogP) is 3.01. The number of nitrogens with zero attached hydrogens (tertiary/aromatic N) is 5. The van der Waals surface area contributed by atoms with Gasteiger partial charge in [0.15, 0.2) is 0 Å². The van der Waals surface area contributed by atoms with Gasteiger partial charge in [-0.25, -0.2) is 9.97 Å². The number of halogens is 1. The van der Waals surface area contributed by atoms with Crippen LogP contribution < -0.4 is 9.80 Å². The van der Waals surface area contributed by atoms with E-state index in [1.54, 1.807) is 6.20 Å². The van der Waals surface area contributed by atoms with E-state index >= 15 is 0 Å². The summed E-state index contributed by atoms with van der Waals surface area (Å²) in [5, 5.41) is 14.2. The highest BCUT2D eigenvalue weighted by Gasteiger charge is 2.30. The van der Waals surface area contributed by atoms with Gasteiger partial charge in [-0.1, -0.05) is 0 Å².